The predicted octanol–water partition coefficient (Wildman–Crippen LogP) is 5.51. The first-order chi connectivity index (χ1) is 16.7. The third-order valence-electron chi connectivity index (χ3n) is 5.87. The Kier molecular flexibility index (Phi) is 6.86. The lowest BCUT2D eigenvalue weighted by Gasteiger charge is -2.31. The Hall–Kier alpha value is -2.99. The van der Waals surface area contributed by atoms with Crippen molar-refractivity contribution in [3.05, 3.63) is 59.4 Å². The van der Waals surface area contributed by atoms with Crippen molar-refractivity contribution in [1.29, 1.82) is 0 Å². The lowest BCUT2D eigenvalue weighted by atomic mass is 9.98. The van der Waals surface area contributed by atoms with E-state index in [9.17, 15) is 35.2 Å². The van der Waals surface area contributed by atoms with Gasteiger partial charge in [-0.25, -0.2) is 8.78 Å². The van der Waals surface area contributed by atoms with Gasteiger partial charge in [-0.05, 0) is 41.5 Å². The van der Waals surface area contributed by atoms with Gasteiger partial charge in [0.2, 0.25) is 0 Å². The largest absolute Gasteiger partial charge is 0.460 e. The summed E-state index contributed by atoms with van der Waals surface area (Å²) in [5.74, 6) is -3.08. The number of likely N-dealkylation sites (tertiary alicyclic amines) is 1. The molecule has 0 unspecified atom stereocenters. The Morgan fingerprint density at radius 1 is 1.06 bits per heavy atom. The number of amides is 1. The molecule has 0 N–H and O–H groups in total. The van der Waals surface area contributed by atoms with Gasteiger partial charge in [0.1, 0.15) is 11.3 Å². The van der Waals surface area contributed by atoms with Crippen LogP contribution in [0.3, 0.4) is 0 Å². The molecule has 4 rings (SSSR count). The molecule has 0 radical (unpaired) electrons. The van der Waals surface area contributed by atoms with Crippen molar-refractivity contribution in [2.75, 3.05) is 26.0 Å². The highest BCUT2D eigenvalue weighted by atomic mass is 32.2. The number of carbonyl (C=O) groups excluding carboxylic acids is 1. The number of hydrogen-bond donors (Lipinski definition) is 0. The summed E-state index contributed by atoms with van der Waals surface area (Å²) in [5.41, 5.74) is -0.495. The van der Waals surface area contributed by atoms with Crippen LogP contribution < -0.4 is 0 Å². The number of piperidine rings is 1. The first-order valence-electron chi connectivity index (χ1n) is 11.0. The first-order valence-corrected chi connectivity index (χ1v) is 12.8. The van der Waals surface area contributed by atoms with Crippen LogP contribution in [0.15, 0.2) is 46.9 Å². The molecule has 1 aliphatic rings. The number of fused-ring (bicyclic) bond motifs is 1. The van der Waals surface area contributed by atoms with Crippen LogP contribution in [0, 0.1) is 0 Å². The second-order valence-electron chi connectivity index (χ2n) is 8.65. The minimum Gasteiger partial charge on any atom is -0.460 e. The zero-order chi connectivity index (χ0) is 26.3. The number of furan rings is 1. The van der Waals surface area contributed by atoms with E-state index >= 15 is 0 Å². The molecule has 194 valence electrons. The quantitative estimate of drug-likeness (QED) is 0.310. The summed E-state index contributed by atoms with van der Waals surface area (Å²) >= 11 is 0. The number of alkyl halides is 5. The van der Waals surface area contributed by atoms with E-state index in [1.807, 2.05) is 0 Å². The zero-order valence-electron chi connectivity index (χ0n) is 19.1. The molecule has 12 heteroatoms. The minimum atomic E-state index is -4.72. The van der Waals surface area contributed by atoms with Crippen LogP contribution >= 0.6 is 0 Å². The molecule has 1 fully saturated rings. The van der Waals surface area contributed by atoms with Crippen molar-refractivity contribution in [1.82, 2.24) is 4.90 Å². The molecule has 6 nitrogen and oxygen atoms in total. The van der Waals surface area contributed by atoms with E-state index in [0.29, 0.717) is 5.56 Å². The van der Waals surface area contributed by atoms with Gasteiger partial charge in [0.15, 0.2) is 0 Å². The highest BCUT2D eigenvalue weighted by molar-refractivity contribution is 7.85. The Bertz CT molecular complexity index is 1370. The summed E-state index contributed by atoms with van der Waals surface area (Å²) in [6.07, 6.45) is -4.73. The van der Waals surface area contributed by atoms with Gasteiger partial charge in [-0.2, -0.15) is 21.6 Å². The number of nitrogens with zero attached hydrogens (tertiary/aromatic N) is 1. The third-order valence-corrected chi connectivity index (χ3v) is 6.46. The Morgan fingerprint density at radius 3 is 2.28 bits per heavy atom. The van der Waals surface area contributed by atoms with Crippen LogP contribution in [0.1, 0.15) is 34.5 Å². The zero-order valence-corrected chi connectivity index (χ0v) is 19.9. The van der Waals surface area contributed by atoms with E-state index in [4.69, 9.17) is 4.42 Å². The number of halogens is 5. The van der Waals surface area contributed by atoms with Crippen LogP contribution in [-0.4, -0.2) is 51.1 Å². The van der Waals surface area contributed by atoms with Crippen molar-refractivity contribution in [2.45, 2.75) is 31.4 Å². The van der Waals surface area contributed by atoms with Gasteiger partial charge >= 0.3 is 6.18 Å². The van der Waals surface area contributed by atoms with E-state index < -0.39 is 46.5 Å². The minimum absolute atomic E-state index is 0.0480. The van der Waals surface area contributed by atoms with Crippen molar-refractivity contribution >= 4 is 27.0 Å². The van der Waals surface area contributed by atoms with Gasteiger partial charge in [-0.1, -0.05) is 12.1 Å². The predicted molar refractivity (Wildman–Crippen MR) is 121 cm³/mol. The molecule has 0 atom stereocenters. The third kappa shape index (κ3) is 6.04. The van der Waals surface area contributed by atoms with Crippen LogP contribution in [0.4, 0.5) is 22.0 Å². The van der Waals surface area contributed by atoms with Crippen LogP contribution in [0.2, 0.25) is 0 Å². The fraction of sp³-hybridized carbons (Fsp3) is 0.375. The molecule has 2 aromatic carbocycles. The second kappa shape index (κ2) is 9.47. The molecular formula is C24H22F5NO5S. The molecule has 3 aromatic rings. The highest BCUT2D eigenvalue weighted by Crippen LogP contribution is 2.39. The fourth-order valence-corrected chi connectivity index (χ4v) is 4.41. The van der Waals surface area contributed by atoms with Crippen LogP contribution in [-0.2, 0) is 26.9 Å². The first kappa shape index (κ1) is 26.1. The second-order valence-corrected chi connectivity index (χ2v) is 10.3. The maximum Gasteiger partial charge on any atom is 0.420 e. The molecular weight excluding hydrogens is 509 g/mol. The maximum absolute atomic E-state index is 13.8. The summed E-state index contributed by atoms with van der Waals surface area (Å²) in [7, 11) is -3.70. The van der Waals surface area contributed by atoms with Gasteiger partial charge in [-0.3, -0.25) is 8.98 Å². The average Bonchev–Trinajstić information content (AvgIpc) is 3.19. The van der Waals surface area contributed by atoms with Crippen LogP contribution in [0.25, 0.3) is 22.1 Å². The maximum atomic E-state index is 13.8. The summed E-state index contributed by atoms with van der Waals surface area (Å²) in [6.45, 7) is -0.425. The molecule has 0 aliphatic carbocycles. The Morgan fingerprint density at radius 2 is 1.69 bits per heavy atom. The smallest absolute Gasteiger partial charge is 0.420 e. The molecule has 0 spiro atoms. The van der Waals surface area contributed by atoms with Crippen molar-refractivity contribution < 1.29 is 43.8 Å². The normalized spacial score (nSPS) is 16.4. The number of carbonyl (C=O) groups is 1. The standard InChI is InChI=1S/C24H22F5NO5S/c1-36(32,33)34-11-6-19-13-18-12-17(14-20(21(18)35-19)24(27,28)29)15-2-4-16(5-3-15)22(31)30-9-7-23(25,26)8-10-30/h2-5,12-14H,6-11H2,1H3. The van der Waals surface area contributed by atoms with E-state index in [1.54, 1.807) is 0 Å². The van der Waals surface area contributed by atoms with E-state index in [1.165, 1.54) is 41.3 Å². The molecule has 1 saturated heterocycles. The van der Waals surface area contributed by atoms with Gasteiger partial charge in [0.25, 0.3) is 21.9 Å². The molecule has 2 heterocycles. The molecule has 1 amide bonds. The lowest BCUT2D eigenvalue weighted by molar-refractivity contribution is -0.136. The number of rotatable bonds is 6. The van der Waals surface area contributed by atoms with Crippen LogP contribution in [0.5, 0.6) is 0 Å². The van der Waals surface area contributed by atoms with Gasteiger partial charge in [0, 0.05) is 43.3 Å². The number of hydrogen-bond acceptors (Lipinski definition) is 5. The average molecular weight is 531 g/mol. The number of benzene rings is 2. The topological polar surface area (TPSA) is 76.8 Å². The fourth-order valence-electron chi connectivity index (χ4n) is 4.03. The van der Waals surface area contributed by atoms with Crippen molar-refractivity contribution in [3.63, 3.8) is 0 Å². The Labute approximate surface area is 203 Å². The summed E-state index contributed by atoms with van der Waals surface area (Å²) in [5, 5.41) is 0.170. The van der Waals surface area contributed by atoms with Crippen molar-refractivity contribution in [3.8, 4) is 11.1 Å². The molecule has 0 saturated carbocycles. The molecule has 0 bridgehead atoms. The van der Waals surface area contributed by atoms with Gasteiger partial charge in [0.05, 0.1) is 18.4 Å². The summed E-state index contributed by atoms with van der Waals surface area (Å²) in [6, 6.07) is 9.72. The summed E-state index contributed by atoms with van der Waals surface area (Å²) in [4.78, 5) is 14.0. The molecule has 1 aliphatic heterocycles. The Balaban J connectivity index is 1.60. The summed E-state index contributed by atoms with van der Waals surface area (Å²) < 4.78 is 100. The highest BCUT2D eigenvalue weighted by Gasteiger charge is 2.36. The van der Waals surface area contributed by atoms with Gasteiger partial charge < -0.3 is 9.32 Å². The SMILES string of the molecule is CS(=O)(=O)OCCc1cc2cc(-c3ccc(C(=O)N4CCC(F)(F)CC4)cc3)cc(C(F)(F)F)c2o1. The molecule has 36 heavy (non-hydrogen) atoms. The van der Waals surface area contributed by atoms with E-state index in [2.05, 4.69) is 4.18 Å². The van der Waals surface area contributed by atoms with Crippen molar-refractivity contribution in [2.24, 2.45) is 0 Å². The van der Waals surface area contributed by atoms with E-state index in [-0.39, 0.29) is 54.0 Å². The monoisotopic (exact) mass is 531 g/mol. The van der Waals surface area contributed by atoms with Gasteiger partial charge in [-0.15, -0.1) is 0 Å². The lowest BCUT2D eigenvalue weighted by Crippen LogP contribution is -2.42. The molecule has 1 aromatic heterocycles. The van der Waals surface area contributed by atoms with E-state index in [0.717, 1.165) is 12.3 Å².